The molecule has 3 heterocycles. The summed E-state index contributed by atoms with van der Waals surface area (Å²) < 4.78 is 0. The van der Waals surface area contributed by atoms with Gasteiger partial charge in [-0.3, -0.25) is 4.90 Å². The van der Waals surface area contributed by atoms with E-state index in [4.69, 9.17) is 4.98 Å². The lowest BCUT2D eigenvalue weighted by molar-refractivity contribution is 0.137. The second-order valence-electron chi connectivity index (χ2n) is 6.53. The van der Waals surface area contributed by atoms with E-state index in [-0.39, 0.29) is 5.54 Å². The molecule has 0 aromatic carbocycles. The molecule has 0 aliphatic carbocycles. The maximum absolute atomic E-state index is 5.00. The van der Waals surface area contributed by atoms with E-state index < -0.39 is 0 Å². The average molecular weight is 293 g/mol. The highest BCUT2D eigenvalue weighted by Crippen LogP contribution is 2.43. The fraction of sp³-hybridized carbons (Fsp3) is 0.812. The van der Waals surface area contributed by atoms with Crippen molar-refractivity contribution in [1.29, 1.82) is 0 Å². The van der Waals surface area contributed by atoms with Gasteiger partial charge in [-0.25, -0.2) is 4.98 Å². The molecule has 2 aliphatic heterocycles. The van der Waals surface area contributed by atoms with Crippen LogP contribution in [0.25, 0.3) is 0 Å². The third-order valence-corrected chi connectivity index (χ3v) is 6.00. The highest BCUT2D eigenvalue weighted by Gasteiger charge is 2.50. The summed E-state index contributed by atoms with van der Waals surface area (Å²) in [4.78, 5) is 7.70. The van der Waals surface area contributed by atoms with Gasteiger partial charge in [-0.05, 0) is 38.3 Å². The van der Waals surface area contributed by atoms with Crippen molar-refractivity contribution < 1.29 is 0 Å². The minimum atomic E-state index is 0.118. The molecule has 2 aliphatic rings. The smallest absolute Gasteiger partial charge is 0.115 e. The van der Waals surface area contributed by atoms with E-state index in [0.29, 0.717) is 12.0 Å². The number of nitrogens with one attached hydrogen (secondary N) is 1. The molecule has 2 atom stereocenters. The topological polar surface area (TPSA) is 28.2 Å². The number of rotatable bonds is 4. The lowest BCUT2D eigenvalue weighted by Crippen LogP contribution is -2.53. The first-order chi connectivity index (χ1) is 9.67. The van der Waals surface area contributed by atoms with Gasteiger partial charge in [0.2, 0.25) is 0 Å². The van der Waals surface area contributed by atoms with Crippen molar-refractivity contribution in [3.8, 4) is 0 Å². The van der Waals surface area contributed by atoms with E-state index in [0.717, 1.165) is 6.54 Å². The van der Waals surface area contributed by atoms with Crippen LogP contribution in [-0.4, -0.2) is 35.6 Å². The zero-order chi connectivity index (χ0) is 14.2. The molecule has 1 aromatic heterocycles. The molecule has 0 spiro atoms. The Morgan fingerprint density at radius 1 is 1.45 bits per heavy atom. The third-order valence-electron chi connectivity index (χ3n) is 4.96. The predicted molar refractivity (Wildman–Crippen MR) is 85.4 cm³/mol. The first-order valence-corrected chi connectivity index (χ1v) is 9.00. The van der Waals surface area contributed by atoms with Gasteiger partial charge in [-0.2, -0.15) is 0 Å². The van der Waals surface area contributed by atoms with Crippen molar-refractivity contribution in [2.45, 2.75) is 64.0 Å². The molecule has 1 aromatic rings. The number of hydrogen-bond acceptors (Lipinski definition) is 4. The van der Waals surface area contributed by atoms with Crippen LogP contribution < -0.4 is 5.32 Å². The number of hydrogen-bond donors (Lipinski definition) is 1. The Balaban J connectivity index is 1.94. The fourth-order valence-electron chi connectivity index (χ4n) is 3.91. The Labute approximate surface area is 126 Å². The van der Waals surface area contributed by atoms with Gasteiger partial charge in [0.15, 0.2) is 0 Å². The Morgan fingerprint density at radius 2 is 2.30 bits per heavy atom. The average Bonchev–Trinajstić information content (AvgIpc) is 3.05. The minimum absolute atomic E-state index is 0.118. The molecule has 3 nitrogen and oxygen atoms in total. The SMILES string of the molecule is CCNC1(c2nc(C(C)C)cs2)CCN2CCCCC21. The summed E-state index contributed by atoms with van der Waals surface area (Å²) in [6, 6.07) is 0.655. The summed E-state index contributed by atoms with van der Waals surface area (Å²) >= 11 is 1.87. The molecule has 4 heteroatoms. The van der Waals surface area contributed by atoms with Gasteiger partial charge >= 0.3 is 0 Å². The molecule has 0 radical (unpaired) electrons. The van der Waals surface area contributed by atoms with Crippen LogP contribution >= 0.6 is 11.3 Å². The Morgan fingerprint density at radius 3 is 3.00 bits per heavy atom. The normalized spacial score (nSPS) is 30.9. The number of likely N-dealkylation sites (N-methyl/N-ethyl adjacent to an activating group) is 1. The second kappa shape index (κ2) is 5.74. The van der Waals surface area contributed by atoms with E-state index in [1.54, 1.807) is 0 Å². The molecule has 2 fully saturated rings. The number of thiazole rings is 1. The van der Waals surface area contributed by atoms with E-state index >= 15 is 0 Å². The molecule has 0 saturated carbocycles. The maximum Gasteiger partial charge on any atom is 0.115 e. The lowest BCUT2D eigenvalue weighted by atomic mass is 9.85. The van der Waals surface area contributed by atoms with Crippen LogP contribution in [0.1, 0.15) is 63.1 Å². The third kappa shape index (κ3) is 2.32. The zero-order valence-electron chi connectivity index (χ0n) is 13.0. The molecule has 3 rings (SSSR count). The quantitative estimate of drug-likeness (QED) is 0.923. The monoisotopic (exact) mass is 293 g/mol. The summed E-state index contributed by atoms with van der Waals surface area (Å²) in [7, 11) is 0. The molecule has 0 bridgehead atoms. The molecular weight excluding hydrogens is 266 g/mol. The summed E-state index contributed by atoms with van der Waals surface area (Å²) in [5.74, 6) is 0.530. The summed E-state index contributed by atoms with van der Waals surface area (Å²) in [5, 5.41) is 7.43. The zero-order valence-corrected chi connectivity index (χ0v) is 13.8. The standard InChI is InChI=1S/C16H27N3S/c1-4-17-16(15-18-13(11-20-15)12(2)3)8-10-19-9-6-5-7-14(16)19/h11-12,14,17H,4-10H2,1-3H3. The Bertz CT molecular complexity index is 456. The van der Waals surface area contributed by atoms with Crippen molar-refractivity contribution in [2.24, 2.45) is 0 Å². The van der Waals surface area contributed by atoms with E-state index in [2.05, 4.69) is 36.4 Å². The van der Waals surface area contributed by atoms with Crippen LogP contribution in [0.3, 0.4) is 0 Å². The number of fused-ring (bicyclic) bond motifs is 1. The molecular formula is C16H27N3S. The summed E-state index contributed by atoms with van der Waals surface area (Å²) in [5.41, 5.74) is 1.38. The highest BCUT2D eigenvalue weighted by atomic mass is 32.1. The van der Waals surface area contributed by atoms with Crippen molar-refractivity contribution in [3.05, 3.63) is 16.1 Å². The van der Waals surface area contributed by atoms with Crippen molar-refractivity contribution in [2.75, 3.05) is 19.6 Å². The van der Waals surface area contributed by atoms with E-state index in [9.17, 15) is 0 Å². The molecule has 112 valence electrons. The second-order valence-corrected chi connectivity index (χ2v) is 7.39. The highest BCUT2D eigenvalue weighted by molar-refractivity contribution is 7.09. The van der Waals surface area contributed by atoms with Gasteiger partial charge in [0.25, 0.3) is 0 Å². The molecule has 1 N–H and O–H groups in total. The van der Waals surface area contributed by atoms with Gasteiger partial charge in [-0.15, -0.1) is 11.3 Å². The Hall–Kier alpha value is -0.450. The van der Waals surface area contributed by atoms with Crippen molar-refractivity contribution in [1.82, 2.24) is 15.2 Å². The van der Waals surface area contributed by atoms with Crippen molar-refractivity contribution in [3.63, 3.8) is 0 Å². The van der Waals surface area contributed by atoms with Gasteiger partial charge < -0.3 is 5.32 Å². The molecule has 2 saturated heterocycles. The van der Waals surface area contributed by atoms with Gasteiger partial charge in [0.1, 0.15) is 5.01 Å². The molecule has 20 heavy (non-hydrogen) atoms. The lowest BCUT2D eigenvalue weighted by Gasteiger charge is -2.40. The van der Waals surface area contributed by atoms with Crippen LogP contribution in [0.4, 0.5) is 0 Å². The number of aromatic nitrogens is 1. The Kier molecular flexibility index (Phi) is 4.16. The number of nitrogens with zero attached hydrogens (tertiary/aromatic N) is 2. The predicted octanol–water partition coefficient (Wildman–Crippen LogP) is 3.33. The largest absolute Gasteiger partial charge is 0.304 e. The summed E-state index contributed by atoms with van der Waals surface area (Å²) in [6.07, 6.45) is 5.28. The first kappa shape index (κ1) is 14.5. The van der Waals surface area contributed by atoms with Gasteiger partial charge in [-0.1, -0.05) is 27.2 Å². The van der Waals surface area contributed by atoms with E-state index in [1.807, 2.05) is 11.3 Å². The van der Waals surface area contributed by atoms with Crippen LogP contribution in [-0.2, 0) is 5.54 Å². The summed E-state index contributed by atoms with van der Waals surface area (Å²) in [6.45, 7) is 10.2. The van der Waals surface area contributed by atoms with Crippen LogP contribution in [0, 0.1) is 0 Å². The van der Waals surface area contributed by atoms with Crippen molar-refractivity contribution >= 4 is 11.3 Å². The van der Waals surface area contributed by atoms with Crippen LogP contribution in [0.15, 0.2) is 5.38 Å². The van der Waals surface area contributed by atoms with E-state index in [1.165, 1.54) is 49.5 Å². The van der Waals surface area contributed by atoms with Crippen LogP contribution in [0.5, 0.6) is 0 Å². The maximum atomic E-state index is 5.00. The first-order valence-electron chi connectivity index (χ1n) is 8.12. The van der Waals surface area contributed by atoms with Gasteiger partial charge in [0, 0.05) is 18.0 Å². The molecule has 2 unspecified atom stereocenters. The van der Waals surface area contributed by atoms with Gasteiger partial charge in [0.05, 0.1) is 11.2 Å². The fourth-order valence-corrected chi connectivity index (χ4v) is 5.14. The minimum Gasteiger partial charge on any atom is -0.304 e. The van der Waals surface area contributed by atoms with Crippen LogP contribution in [0.2, 0.25) is 0 Å². The number of piperidine rings is 1. The molecule has 0 amide bonds.